The number of terminal acetylenes is 1. The summed E-state index contributed by atoms with van der Waals surface area (Å²) < 4.78 is 0. The van der Waals surface area contributed by atoms with Crippen LogP contribution in [0.25, 0.3) is 0 Å². The minimum absolute atomic E-state index is 0.499. The molecule has 1 nitrogen and oxygen atoms in total. The molecule has 1 aliphatic rings. The Morgan fingerprint density at radius 2 is 2.36 bits per heavy atom. The number of hydrogen-bond donors (Lipinski definition) is 0. The first-order valence-corrected chi connectivity index (χ1v) is 4.42. The summed E-state index contributed by atoms with van der Waals surface area (Å²) in [6, 6.07) is 0. The molecule has 1 rings (SSSR count). The van der Waals surface area contributed by atoms with Gasteiger partial charge >= 0.3 is 0 Å². The fourth-order valence-electron chi connectivity index (χ4n) is 1.84. The molecule has 0 aromatic rings. The first-order chi connectivity index (χ1) is 5.27. The lowest BCUT2D eigenvalue weighted by atomic mass is 9.84. The van der Waals surface area contributed by atoms with E-state index in [2.05, 4.69) is 24.8 Å². The zero-order valence-electron chi connectivity index (χ0n) is 7.51. The van der Waals surface area contributed by atoms with Crippen LogP contribution in [0.5, 0.6) is 0 Å². The van der Waals surface area contributed by atoms with Crippen LogP contribution in [-0.4, -0.2) is 25.0 Å². The van der Waals surface area contributed by atoms with Crippen LogP contribution in [0, 0.1) is 24.2 Å². The van der Waals surface area contributed by atoms with Crippen LogP contribution in [0.4, 0.5) is 0 Å². The predicted octanol–water partition coefficient (Wildman–Crippen LogP) is 1.60. The third-order valence-corrected chi connectivity index (χ3v) is 2.70. The molecule has 1 heteroatoms. The van der Waals surface area contributed by atoms with Crippen molar-refractivity contribution in [2.75, 3.05) is 20.1 Å². The summed E-state index contributed by atoms with van der Waals surface area (Å²) in [4.78, 5) is 2.33. The van der Waals surface area contributed by atoms with E-state index in [1.165, 1.54) is 19.4 Å². The Morgan fingerprint density at radius 1 is 1.64 bits per heavy atom. The van der Waals surface area contributed by atoms with Gasteiger partial charge in [0.1, 0.15) is 0 Å². The Bertz CT molecular complexity index is 157. The summed E-state index contributed by atoms with van der Waals surface area (Å²) in [5.41, 5.74) is 0. The van der Waals surface area contributed by atoms with Crippen molar-refractivity contribution in [1.29, 1.82) is 0 Å². The van der Waals surface area contributed by atoms with Gasteiger partial charge in [0.15, 0.2) is 0 Å². The molecule has 0 N–H and O–H groups in total. The fraction of sp³-hybridized carbons (Fsp3) is 0.800. The van der Waals surface area contributed by atoms with E-state index in [1.807, 2.05) is 0 Å². The van der Waals surface area contributed by atoms with E-state index in [0.29, 0.717) is 5.92 Å². The van der Waals surface area contributed by atoms with Crippen molar-refractivity contribution in [2.24, 2.45) is 11.8 Å². The zero-order valence-corrected chi connectivity index (χ0v) is 7.51. The third-order valence-electron chi connectivity index (χ3n) is 2.70. The summed E-state index contributed by atoms with van der Waals surface area (Å²) in [6.45, 7) is 4.55. The molecule has 0 saturated carbocycles. The van der Waals surface area contributed by atoms with Gasteiger partial charge in [-0.05, 0) is 25.9 Å². The van der Waals surface area contributed by atoms with E-state index in [9.17, 15) is 0 Å². The van der Waals surface area contributed by atoms with Crippen LogP contribution >= 0.6 is 0 Å². The minimum atomic E-state index is 0.499. The quantitative estimate of drug-likeness (QED) is 0.514. The predicted molar refractivity (Wildman–Crippen MR) is 48.2 cm³/mol. The largest absolute Gasteiger partial charge is 0.305 e. The number of nitrogens with zero attached hydrogens (tertiary/aromatic N) is 1. The van der Waals surface area contributed by atoms with E-state index >= 15 is 0 Å². The molecule has 2 unspecified atom stereocenters. The molecule has 1 heterocycles. The second-order valence-electron chi connectivity index (χ2n) is 3.49. The first kappa shape index (κ1) is 8.62. The molecule has 1 fully saturated rings. The molecule has 11 heavy (non-hydrogen) atoms. The third kappa shape index (κ3) is 1.97. The van der Waals surface area contributed by atoms with Crippen LogP contribution in [0.2, 0.25) is 0 Å². The van der Waals surface area contributed by atoms with Crippen molar-refractivity contribution in [2.45, 2.75) is 19.8 Å². The molecule has 0 aliphatic carbocycles. The van der Waals surface area contributed by atoms with Gasteiger partial charge in [0, 0.05) is 12.5 Å². The summed E-state index contributed by atoms with van der Waals surface area (Å²) in [5.74, 6) is 4.17. The van der Waals surface area contributed by atoms with Crippen molar-refractivity contribution in [3.63, 3.8) is 0 Å². The minimum Gasteiger partial charge on any atom is -0.305 e. The first-order valence-electron chi connectivity index (χ1n) is 4.42. The van der Waals surface area contributed by atoms with E-state index < -0.39 is 0 Å². The van der Waals surface area contributed by atoms with Crippen molar-refractivity contribution >= 4 is 0 Å². The Labute approximate surface area is 69.8 Å². The highest BCUT2D eigenvalue weighted by atomic mass is 15.1. The topological polar surface area (TPSA) is 3.24 Å². The van der Waals surface area contributed by atoms with Crippen molar-refractivity contribution < 1.29 is 0 Å². The van der Waals surface area contributed by atoms with Gasteiger partial charge < -0.3 is 4.90 Å². The number of rotatable bonds is 1. The van der Waals surface area contributed by atoms with Gasteiger partial charge in [-0.1, -0.05) is 13.3 Å². The molecule has 1 saturated heterocycles. The normalized spacial score (nSPS) is 33.2. The Morgan fingerprint density at radius 3 is 2.91 bits per heavy atom. The molecule has 1 aliphatic heterocycles. The van der Waals surface area contributed by atoms with Crippen molar-refractivity contribution in [1.82, 2.24) is 4.90 Å². The maximum absolute atomic E-state index is 5.45. The molecular weight excluding hydrogens is 134 g/mol. The lowest BCUT2D eigenvalue weighted by Crippen LogP contribution is -2.37. The molecule has 0 spiro atoms. The molecule has 2 atom stereocenters. The van der Waals surface area contributed by atoms with Gasteiger partial charge in [-0.2, -0.15) is 0 Å². The molecular formula is C10H17N. The van der Waals surface area contributed by atoms with Gasteiger partial charge in [-0.25, -0.2) is 0 Å². The lowest BCUT2D eigenvalue weighted by molar-refractivity contribution is 0.175. The number of likely N-dealkylation sites (tertiary alicyclic amines) is 1. The maximum atomic E-state index is 5.45. The van der Waals surface area contributed by atoms with Crippen molar-refractivity contribution in [3.05, 3.63) is 0 Å². The zero-order chi connectivity index (χ0) is 8.27. The SMILES string of the molecule is C#CC1CN(C)CCC1CC. The van der Waals surface area contributed by atoms with Crippen LogP contribution in [0.3, 0.4) is 0 Å². The summed E-state index contributed by atoms with van der Waals surface area (Å²) in [6.07, 6.45) is 7.97. The Hall–Kier alpha value is -0.480. The van der Waals surface area contributed by atoms with Gasteiger partial charge in [-0.3, -0.25) is 0 Å². The molecule has 0 aromatic heterocycles. The Kier molecular flexibility index (Phi) is 2.96. The highest BCUT2D eigenvalue weighted by Crippen LogP contribution is 2.24. The van der Waals surface area contributed by atoms with Gasteiger partial charge in [-0.15, -0.1) is 12.3 Å². The monoisotopic (exact) mass is 151 g/mol. The fourth-order valence-corrected chi connectivity index (χ4v) is 1.84. The second kappa shape index (κ2) is 3.78. The summed E-state index contributed by atoms with van der Waals surface area (Å²) in [7, 11) is 2.15. The molecule has 0 aromatic carbocycles. The van der Waals surface area contributed by atoms with E-state index in [4.69, 9.17) is 6.42 Å². The number of piperidine rings is 1. The van der Waals surface area contributed by atoms with E-state index in [0.717, 1.165) is 12.5 Å². The molecule has 0 radical (unpaired) electrons. The van der Waals surface area contributed by atoms with Crippen LogP contribution in [0.15, 0.2) is 0 Å². The van der Waals surface area contributed by atoms with Crippen LogP contribution in [0.1, 0.15) is 19.8 Å². The highest BCUT2D eigenvalue weighted by Gasteiger charge is 2.24. The highest BCUT2D eigenvalue weighted by molar-refractivity contribution is 4.99. The average Bonchev–Trinajstić information content (AvgIpc) is 2.04. The van der Waals surface area contributed by atoms with Crippen LogP contribution in [-0.2, 0) is 0 Å². The Balaban J connectivity index is 2.50. The average molecular weight is 151 g/mol. The maximum Gasteiger partial charge on any atom is 0.0356 e. The lowest BCUT2D eigenvalue weighted by Gasteiger charge is -2.33. The van der Waals surface area contributed by atoms with Gasteiger partial charge in [0.25, 0.3) is 0 Å². The smallest absolute Gasteiger partial charge is 0.0356 e. The molecule has 0 amide bonds. The van der Waals surface area contributed by atoms with Gasteiger partial charge in [0.2, 0.25) is 0 Å². The van der Waals surface area contributed by atoms with E-state index in [-0.39, 0.29) is 0 Å². The second-order valence-corrected chi connectivity index (χ2v) is 3.49. The standard InChI is InChI=1S/C10H17N/c1-4-9-6-7-11(3)8-10(9)5-2/h2,9-10H,4,6-8H2,1,3H3. The summed E-state index contributed by atoms with van der Waals surface area (Å²) in [5, 5.41) is 0. The van der Waals surface area contributed by atoms with Gasteiger partial charge in [0.05, 0.1) is 0 Å². The molecule has 0 bridgehead atoms. The van der Waals surface area contributed by atoms with Crippen LogP contribution < -0.4 is 0 Å². The summed E-state index contributed by atoms with van der Waals surface area (Å²) >= 11 is 0. The van der Waals surface area contributed by atoms with Crippen molar-refractivity contribution in [3.8, 4) is 12.3 Å². The van der Waals surface area contributed by atoms with E-state index in [1.54, 1.807) is 0 Å². The number of hydrogen-bond acceptors (Lipinski definition) is 1. The molecule has 62 valence electrons.